The molecule has 0 radical (unpaired) electrons. The van der Waals surface area contributed by atoms with Crippen molar-refractivity contribution < 1.29 is 9.90 Å². The monoisotopic (exact) mass is 211 g/mol. The molecule has 0 aliphatic carbocycles. The van der Waals surface area contributed by atoms with Gasteiger partial charge in [0.15, 0.2) is 0 Å². The number of imidazole rings is 1. The van der Waals surface area contributed by atoms with Gasteiger partial charge in [-0.25, -0.2) is 4.98 Å². The van der Waals surface area contributed by atoms with Gasteiger partial charge in [0.1, 0.15) is 0 Å². The number of aryl methyl sites for hydroxylation is 1. The van der Waals surface area contributed by atoms with Gasteiger partial charge in [-0.15, -0.1) is 0 Å². The Balaban J connectivity index is 2.43. The Morgan fingerprint density at radius 1 is 1.73 bits per heavy atom. The summed E-state index contributed by atoms with van der Waals surface area (Å²) in [5.74, 6) is 0.0397. The smallest absolute Gasteiger partial charge is 0.303 e. The molecule has 0 saturated heterocycles. The molecule has 5 nitrogen and oxygen atoms in total. The normalized spacial score (nSPS) is 12.4. The first-order valence-electron chi connectivity index (χ1n) is 5.13. The van der Waals surface area contributed by atoms with Gasteiger partial charge in [0.25, 0.3) is 0 Å². The zero-order valence-electron chi connectivity index (χ0n) is 9.10. The molecule has 0 spiro atoms. The van der Waals surface area contributed by atoms with Crippen LogP contribution in [0.3, 0.4) is 0 Å². The van der Waals surface area contributed by atoms with E-state index in [1.165, 1.54) is 0 Å². The first-order valence-corrected chi connectivity index (χ1v) is 5.13. The lowest BCUT2D eigenvalue weighted by Crippen LogP contribution is -2.19. The maximum Gasteiger partial charge on any atom is 0.303 e. The standard InChI is InChI=1S/C10H17N3O2/c1-3-13-7-6-11-10(13)12-8(2)4-5-9(14)15/h6-8H,3-5H2,1-2H3,(H,11,12)(H,14,15). The van der Waals surface area contributed by atoms with Gasteiger partial charge in [0.05, 0.1) is 0 Å². The van der Waals surface area contributed by atoms with E-state index in [1.54, 1.807) is 6.20 Å². The summed E-state index contributed by atoms with van der Waals surface area (Å²) in [7, 11) is 0. The summed E-state index contributed by atoms with van der Waals surface area (Å²) in [6.07, 6.45) is 4.41. The van der Waals surface area contributed by atoms with E-state index in [1.807, 2.05) is 24.6 Å². The highest BCUT2D eigenvalue weighted by atomic mass is 16.4. The fraction of sp³-hybridized carbons (Fsp3) is 0.600. The number of carboxylic acids is 1. The number of carbonyl (C=O) groups is 1. The highest BCUT2D eigenvalue weighted by Crippen LogP contribution is 2.08. The number of nitrogens with one attached hydrogen (secondary N) is 1. The molecule has 0 fully saturated rings. The Kier molecular flexibility index (Phi) is 4.15. The second-order valence-electron chi connectivity index (χ2n) is 3.51. The minimum Gasteiger partial charge on any atom is -0.481 e. The van der Waals surface area contributed by atoms with Crippen LogP contribution in [0.25, 0.3) is 0 Å². The van der Waals surface area contributed by atoms with Crippen molar-refractivity contribution in [1.29, 1.82) is 0 Å². The predicted molar refractivity (Wildman–Crippen MR) is 57.9 cm³/mol. The van der Waals surface area contributed by atoms with E-state index >= 15 is 0 Å². The Morgan fingerprint density at radius 2 is 2.47 bits per heavy atom. The zero-order valence-corrected chi connectivity index (χ0v) is 9.10. The Morgan fingerprint density at radius 3 is 3.07 bits per heavy atom. The Hall–Kier alpha value is -1.52. The molecule has 0 saturated carbocycles. The zero-order chi connectivity index (χ0) is 11.3. The summed E-state index contributed by atoms with van der Waals surface area (Å²) in [5.41, 5.74) is 0. The number of carboxylic acid groups (broad SMARTS) is 1. The number of aromatic nitrogens is 2. The summed E-state index contributed by atoms with van der Waals surface area (Å²) in [6.45, 7) is 4.85. The molecule has 1 rings (SSSR count). The van der Waals surface area contributed by atoms with Gasteiger partial charge in [-0.3, -0.25) is 4.79 Å². The van der Waals surface area contributed by atoms with Gasteiger partial charge in [0.2, 0.25) is 5.95 Å². The molecule has 0 aliphatic rings. The fourth-order valence-corrected chi connectivity index (χ4v) is 1.34. The Bertz CT molecular complexity index is 322. The van der Waals surface area contributed by atoms with Crippen LogP contribution in [0.4, 0.5) is 5.95 Å². The van der Waals surface area contributed by atoms with Crippen LogP contribution in [0.15, 0.2) is 12.4 Å². The molecule has 15 heavy (non-hydrogen) atoms. The molecule has 5 heteroatoms. The molecule has 0 aromatic carbocycles. The van der Waals surface area contributed by atoms with Crippen LogP contribution in [0.1, 0.15) is 26.7 Å². The summed E-state index contributed by atoms with van der Waals surface area (Å²) in [6, 6.07) is 0.119. The number of hydrogen-bond acceptors (Lipinski definition) is 3. The van der Waals surface area contributed by atoms with Crippen molar-refractivity contribution in [3.05, 3.63) is 12.4 Å². The van der Waals surface area contributed by atoms with Gasteiger partial charge in [-0.2, -0.15) is 0 Å². The summed E-state index contributed by atoms with van der Waals surface area (Å²) < 4.78 is 1.98. The van der Waals surface area contributed by atoms with E-state index in [4.69, 9.17) is 5.11 Å². The SMILES string of the molecule is CCn1ccnc1NC(C)CCC(=O)O. The third kappa shape index (κ3) is 3.61. The van der Waals surface area contributed by atoms with Crippen LogP contribution in [0, 0.1) is 0 Å². The lowest BCUT2D eigenvalue weighted by molar-refractivity contribution is -0.137. The Labute approximate surface area is 89.1 Å². The van der Waals surface area contributed by atoms with Crippen molar-refractivity contribution >= 4 is 11.9 Å². The third-order valence-corrected chi connectivity index (χ3v) is 2.22. The first-order chi connectivity index (χ1) is 7.13. The minimum absolute atomic E-state index is 0.119. The average Bonchev–Trinajstić information content (AvgIpc) is 2.62. The van der Waals surface area contributed by atoms with Crippen molar-refractivity contribution in [2.24, 2.45) is 0 Å². The minimum atomic E-state index is -0.762. The van der Waals surface area contributed by atoms with Crippen molar-refractivity contribution in [2.45, 2.75) is 39.3 Å². The second-order valence-corrected chi connectivity index (χ2v) is 3.51. The van der Waals surface area contributed by atoms with E-state index in [-0.39, 0.29) is 12.5 Å². The van der Waals surface area contributed by atoms with Crippen LogP contribution in [0.2, 0.25) is 0 Å². The first kappa shape index (κ1) is 11.6. The van der Waals surface area contributed by atoms with Crippen LogP contribution >= 0.6 is 0 Å². The van der Waals surface area contributed by atoms with Crippen LogP contribution in [-0.2, 0) is 11.3 Å². The summed E-state index contributed by atoms with van der Waals surface area (Å²) in [4.78, 5) is 14.5. The quantitative estimate of drug-likeness (QED) is 0.749. The largest absolute Gasteiger partial charge is 0.481 e. The summed E-state index contributed by atoms with van der Waals surface area (Å²) in [5, 5.41) is 11.7. The number of anilines is 1. The van der Waals surface area contributed by atoms with Crippen molar-refractivity contribution in [2.75, 3.05) is 5.32 Å². The molecule has 84 valence electrons. The average molecular weight is 211 g/mol. The van der Waals surface area contributed by atoms with E-state index in [2.05, 4.69) is 10.3 Å². The second kappa shape index (κ2) is 5.38. The van der Waals surface area contributed by atoms with Gasteiger partial charge < -0.3 is 15.0 Å². The third-order valence-electron chi connectivity index (χ3n) is 2.22. The number of aliphatic carboxylic acids is 1. The molecule has 1 heterocycles. The van der Waals surface area contributed by atoms with Crippen molar-refractivity contribution in [3.63, 3.8) is 0 Å². The number of nitrogens with zero attached hydrogens (tertiary/aromatic N) is 2. The molecule has 2 N–H and O–H groups in total. The number of hydrogen-bond donors (Lipinski definition) is 2. The van der Waals surface area contributed by atoms with Gasteiger partial charge in [-0.05, 0) is 20.3 Å². The lowest BCUT2D eigenvalue weighted by atomic mass is 10.2. The van der Waals surface area contributed by atoms with E-state index < -0.39 is 5.97 Å². The predicted octanol–water partition coefficient (Wildman–Crippen LogP) is 1.57. The molecule has 1 aromatic heterocycles. The highest BCUT2D eigenvalue weighted by Gasteiger charge is 2.07. The maximum atomic E-state index is 10.4. The van der Waals surface area contributed by atoms with Crippen molar-refractivity contribution in [1.82, 2.24) is 9.55 Å². The van der Waals surface area contributed by atoms with E-state index in [9.17, 15) is 4.79 Å². The molecular formula is C10H17N3O2. The molecule has 0 bridgehead atoms. The van der Waals surface area contributed by atoms with Gasteiger partial charge >= 0.3 is 5.97 Å². The van der Waals surface area contributed by atoms with Crippen LogP contribution in [0.5, 0.6) is 0 Å². The van der Waals surface area contributed by atoms with Gasteiger partial charge in [0, 0.05) is 31.4 Å². The summed E-state index contributed by atoms with van der Waals surface area (Å²) >= 11 is 0. The molecule has 1 aromatic rings. The molecule has 1 unspecified atom stereocenters. The maximum absolute atomic E-state index is 10.4. The van der Waals surface area contributed by atoms with Gasteiger partial charge in [-0.1, -0.05) is 0 Å². The lowest BCUT2D eigenvalue weighted by Gasteiger charge is -2.14. The van der Waals surface area contributed by atoms with Crippen molar-refractivity contribution in [3.8, 4) is 0 Å². The molecule has 0 aliphatic heterocycles. The molecule has 0 amide bonds. The molecule has 1 atom stereocenters. The highest BCUT2D eigenvalue weighted by molar-refractivity contribution is 5.66. The van der Waals surface area contributed by atoms with E-state index in [0.29, 0.717) is 6.42 Å². The topological polar surface area (TPSA) is 67.2 Å². The van der Waals surface area contributed by atoms with E-state index in [0.717, 1.165) is 12.5 Å². The molecular weight excluding hydrogens is 194 g/mol. The van der Waals surface area contributed by atoms with Crippen LogP contribution < -0.4 is 5.32 Å². The van der Waals surface area contributed by atoms with Crippen LogP contribution in [-0.4, -0.2) is 26.7 Å². The fourth-order valence-electron chi connectivity index (χ4n) is 1.34. The number of rotatable bonds is 6.